The zero-order chi connectivity index (χ0) is 13.5. The Kier molecular flexibility index (Phi) is 4.18. The van der Waals surface area contributed by atoms with Crippen molar-refractivity contribution in [3.05, 3.63) is 66.5 Å². The second-order valence-corrected chi connectivity index (χ2v) is 3.75. The van der Waals surface area contributed by atoms with E-state index >= 15 is 0 Å². The van der Waals surface area contributed by atoms with E-state index in [-0.39, 0.29) is 0 Å². The maximum absolute atomic E-state index is 10.3. The Hall–Kier alpha value is -2.75. The Morgan fingerprint density at radius 2 is 1.89 bits per heavy atom. The van der Waals surface area contributed by atoms with Gasteiger partial charge in [0.15, 0.2) is 0 Å². The Morgan fingerprint density at radius 3 is 2.63 bits per heavy atom. The van der Waals surface area contributed by atoms with E-state index in [1.54, 1.807) is 18.5 Å². The summed E-state index contributed by atoms with van der Waals surface area (Å²) in [4.78, 5) is 18.8. The van der Waals surface area contributed by atoms with Gasteiger partial charge in [0.05, 0.1) is 11.4 Å². The highest BCUT2D eigenvalue weighted by molar-refractivity contribution is 5.80. The molecule has 4 heteroatoms. The first-order valence-corrected chi connectivity index (χ1v) is 5.71. The fraction of sp³-hybridized carbons (Fsp3) is 0. The Balaban J connectivity index is 2.18. The van der Waals surface area contributed by atoms with Gasteiger partial charge in [0.25, 0.3) is 0 Å². The van der Waals surface area contributed by atoms with Gasteiger partial charge in [-0.2, -0.15) is 0 Å². The fourth-order valence-electron chi connectivity index (χ4n) is 1.51. The van der Waals surface area contributed by atoms with Gasteiger partial charge in [0, 0.05) is 18.5 Å². The standard InChI is InChI=1S/C15H12N2O2/c18-15(19)7-2-1-5-12-8-10-17-14(11-12)13-6-3-4-9-16-13/h1-11H,(H,18,19)/b5-1+,7-2+. The average Bonchev–Trinajstić information content (AvgIpc) is 2.45. The number of carbonyl (C=O) groups is 1. The molecule has 0 aromatic carbocycles. The number of hydrogen-bond donors (Lipinski definition) is 1. The molecule has 1 N–H and O–H groups in total. The summed E-state index contributed by atoms with van der Waals surface area (Å²) < 4.78 is 0. The van der Waals surface area contributed by atoms with Gasteiger partial charge in [0.2, 0.25) is 0 Å². The van der Waals surface area contributed by atoms with Crippen LogP contribution in [0.25, 0.3) is 17.5 Å². The van der Waals surface area contributed by atoms with E-state index in [1.807, 2.05) is 36.4 Å². The number of pyridine rings is 2. The van der Waals surface area contributed by atoms with Crippen LogP contribution in [0, 0.1) is 0 Å². The lowest BCUT2D eigenvalue weighted by Gasteiger charge is -2.00. The van der Waals surface area contributed by atoms with Crippen molar-refractivity contribution >= 4 is 12.0 Å². The molecule has 0 aliphatic heterocycles. The van der Waals surface area contributed by atoms with Crippen LogP contribution in [0.5, 0.6) is 0 Å². The van der Waals surface area contributed by atoms with E-state index in [1.165, 1.54) is 6.08 Å². The molecule has 0 radical (unpaired) electrons. The Labute approximate surface area is 110 Å². The molecule has 0 aliphatic rings. The number of carboxylic acids is 1. The van der Waals surface area contributed by atoms with Gasteiger partial charge in [-0.15, -0.1) is 0 Å². The van der Waals surface area contributed by atoms with Gasteiger partial charge < -0.3 is 5.11 Å². The van der Waals surface area contributed by atoms with Crippen LogP contribution in [0.15, 0.2) is 61.0 Å². The third-order valence-corrected chi connectivity index (χ3v) is 2.35. The van der Waals surface area contributed by atoms with Crippen LogP contribution in [-0.4, -0.2) is 21.0 Å². The number of carboxylic acid groups (broad SMARTS) is 1. The molecule has 2 heterocycles. The van der Waals surface area contributed by atoms with Gasteiger partial charge in [-0.05, 0) is 29.8 Å². The second kappa shape index (κ2) is 6.26. The van der Waals surface area contributed by atoms with Gasteiger partial charge in [-0.3, -0.25) is 9.97 Å². The number of aliphatic carboxylic acids is 1. The van der Waals surface area contributed by atoms with Crippen molar-refractivity contribution in [3.8, 4) is 11.4 Å². The van der Waals surface area contributed by atoms with Crippen LogP contribution >= 0.6 is 0 Å². The summed E-state index contributed by atoms with van der Waals surface area (Å²) in [7, 11) is 0. The number of rotatable bonds is 4. The molecule has 0 amide bonds. The summed E-state index contributed by atoms with van der Waals surface area (Å²) in [6.45, 7) is 0. The molecule has 2 rings (SSSR count). The topological polar surface area (TPSA) is 63.1 Å². The lowest BCUT2D eigenvalue weighted by molar-refractivity contribution is -0.131. The van der Waals surface area contributed by atoms with Crippen molar-refractivity contribution in [2.45, 2.75) is 0 Å². The third-order valence-electron chi connectivity index (χ3n) is 2.35. The van der Waals surface area contributed by atoms with Crippen LogP contribution in [0.4, 0.5) is 0 Å². The van der Waals surface area contributed by atoms with E-state index in [4.69, 9.17) is 5.11 Å². The zero-order valence-corrected chi connectivity index (χ0v) is 10.1. The number of allylic oxidation sites excluding steroid dienone is 2. The monoisotopic (exact) mass is 252 g/mol. The molecule has 2 aromatic rings. The molecule has 0 saturated heterocycles. The highest BCUT2D eigenvalue weighted by Gasteiger charge is 1.99. The maximum Gasteiger partial charge on any atom is 0.328 e. The molecule has 0 aliphatic carbocycles. The van der Waals surface area contributed by atoms with Gasteiger partial charge in [-0.25, -0.2) is 4.79 Å². The summed E-state index contributed by atoms with van der Waals surface area (Å²) in [6.07, 6.45) is 9.46. The van der Waals surface area contributed by atoms with Crippen molar-refractivity contribution in [1.82, 2.24) is 9.97 Å². The van der Waals surface area contributed by atoms with Gasteiger partial charge in [-0.1, -0.05) is 24.3 Å². The van der Waals surface area contributed by atoms with Crippen LogP contribution in [-0.2, 0) is 4.79 Å². The molecular formula is C15H12N2O2. The minimum absolute atomic E-state index is 0.782. The van der Waals surface area contributed by atoms with Crippen molar-refractivity contribution in [2.75, 3.05) is 0 Å². The van der Waals surface area contributed by atoms with Crippen molar-refractivity contribution in [2.24, 2.45) is 0 Å². The number of hydrogen-bond acceptors (Lipinski definition) is 3. The largest absolute Gasteiger partial charge is 0.478 e. The van der Waals surface area contributed by atoms with E-state index in [2.05, 4.69) is 9.97 Å². The molecule has 4 nitrogen and oxygen atoms in total. The van der Waals surface area contributed by atoms with Crippen LogP contribution in [0.3, 0.4) is 0 Å². The van der Waals surface area contributed by atoms with Crippen LogP contribution < -0.4 is 0 Å². The minimum atomic E-state index is -0.964. The summed E-state index contributed by atoms with van der Waals surface area (Å²) in [6, 6.07) is 9.39. The molecular weight excluding hydrogens is 240 g/mol. The normalized spacial score (nSPS) is 11.2. The van der Waals surface area contributed by atoms with E-state index in [9.17, 15) is 4.79 Å². The quantitative estimate of drug-likeness (QED) is 0.671. The highest BCUT2D eigenvalue weighted by atomic mass is 16.4. The first-order chi connectivity index (χ1) is 9.25. The minimum Gasteiger partial charge on any atom is -0.478 e. The second-order valence-electron chi connectivity index (χ2n) is 3.75. The summed E-state index contributed by atoms with van der Waals surface area (Å²) in [5, 5.41) is 8.46. The van der Waals surface area contributed by atoms with E-state index < -0.39 is 5.97 Å². The first-order valence-electron chi connectivity index (χ1n) is 5.71. The predicted octanol–water partition coefficient (Wildman–Crippen LogP) is 2.80. The third kappa shape index (κ3) is 3.89. The SMILES string of the molecule is O=C(O)/C=C/C=C/c1ccnc(-c2ccccn2)c1. The Bertz CT molecular complexity index is 619. The zero-order valence-electron chi connectivity index (χ0n) is 10.1. The molecule has 0 unspecified atom stereocenters. The smallest absolute Gasteiger partial charge is 0.328 e. The van der Waals surface area contributed by atoms with E-state index in [0.717, 1.165) is 23.0 Å². The average molecular weight is 252 g/mol. The van der Waals surface area contributed by atoms with Gasteiger partial charge >= 0.3 is 5.97 Å². The van der Waals surface area contributed by atoms with Crippen LogP contribution in [0.2, 0.25) is 0 Å². The molecule has 0 fully saturated rings. The van der Waals surface area contributed by atoms with Crippen molar-refractivity contribution < 1.29 is 9.90 Å². The van der Waals surface area contributed by atoms with Crippen LogP contribution in [0.1, 0.15) is 5.56 Å². The van der Waals surface area contributed by atoms with E-state index in [0.29, 0.717) is 0 Å². The molecule has 0 saturated carbocycles. The molecule has 94 valence electrons. The van der Waals surface area contributed by atoms with Crippen molar-refractivity contribution in [1.29, 1.82) is 0 Å². The molecule has 0 atom stereocenters. The first kappa shape index (κ1) is 12.7. The summed E-state index contributed by atoms with van der Waals surface area (Å²) in [5.41, 5.74) is 2.52. The molecule has 0 spiro atoms. The fourth-order valence-corrected chi connectivity index (χ4v) is 1.51. The Morgan fingerprint density at radius 1 is 1.05 bits per heavy atom. The lowest BCUT2D eigenvalue weighted by atomic mass is 10.1. The predicted molar refractivity (Wildman–Crippen MR) is 73.3 cm³/mol. The number of nitrogens with zero attached hydrogens (tertiary/aromatic N) is 2. The van der Waals surface area contributed by atoms with Crippen molar-refractivity contribution in [3.63, 3.8) is 0 Å². The highest BCUT2D eigenvalue weighted by Crippen LogP contribution is 2.15. The maximum atomic E-state index is 10.3. The molecule has 2 aromatic heterocycles. The molecule has 19 heavy (non-hydrogen) atoms. The lowest BCUT2D eigenvalue weighted by Crippen LogP contribution is -1.87. The summed E-state index contributed by atoms with van der Waals surface area (Å²) >= 11 is 0. The van der Waals surface area contributed by atoms with Gasteiger partial charge in [0.1, 0.15) is 0 Å². The summed E-state index contributed by atoms with van der Waals surface area (Å²) in [5.74, 6) is -0.964. The number of aromatic nitrogens is 2. The molecule has 0 bridgehead atoms.